The maximum Gasteiger partial charge on any atom is 0.363 e. The molecule has 0 saturated heterocycles. The van der Waals surface area contributed by atoms with Crippen LogP contribution in [0.5, 0.6) is 0 Å². The van der Waals surface area contributed by atoms with E-state index >= 15 is 0 Å². The zero-order valence-corrected chi connectivity index (χ0v) is 9.74. The Morgan fingerprint density at radius 3 is 2.83 bits per heavy atom. The van der Waals surface area contributed by atoms with Crippen molar-refractivity contribution in [1.29, 1.82) is 0 Å². The van der Waals surface area contributed by atoms with E-state index in [1.807, 2.05) is 36.4 Å². The first-order chi connectivity index (χ1) is 8.84. The number of fused-ring (bicyclic) bond motifs is 1. The van der Waals surface area contributed by atoms with Crippen molar-refractivity contribution in [2.75, 3.05) is 13.1 Å². The first kappa shape index (κ1) is 10.8. The Labute approximate surface area is 104 Å². The summed E-state index contributed by atoms with van der Waals surface area (Å²) in [6.45, 7) is 1.29. The summed E-state index contributed by atoms with van der Waals surface area (Å²) >= 11 is 0. The predicted molar refractivity (Wildman–Crippen MR) is 69.4 cm³/mol. The van der Waals surface area contributed by atoms with Crippen LogP contribution < -0.4 is 0 Å². The molecule has 3 rings (SSSR count). The van der Waals surface area contributed by atoms with Gasteiger partial charge < -0.3 is 4.84 Å². The minimum absolute atomic E-state index is 0.347. The number of aliphatic imine (C=N–C) groups is 1. The third kappa shape index (κ3) is 1.93. The highest BCUT2D eigenvalue weighted by Gasteiger charge is 2.16. The molecule has 4 nitrogen and oxygen atoms in total. The Kier molecular flexibility index (Phi) is 2.68. The molecule has 90 valence electrons. The molecule has 0 atom stereocenters. The van der Waals surface area contributed by atoms with E-state index in [9.17, 15) is 4.79 Å². The molecule has 2 aromatic rings. The average molecular weight is 240 g/mol. The number of benzene rings is 2. The average Bonchev–Trinajstić information content (AvgIpc) is 2.91. The van der Waals surface area contributed by atoms with Gasteiger partial charge in [0.15, 0.2) is 0 Å². The molecule has 1 aliphatic rings. The molecule has 0 radical (unpaired) electrons. The topological polar surface area (TPSA) is 41.9 Å². The second-order valence-electron chi connectivity index (χ2n) is 4.07. The second-order valence-corrected chi connectivity index (χ2v) is 4.07. The van der Waals surface area contributed by atoms with E-state index in [4.69, 9.17) is 4.84 Å². The fourth-order valence-corrected chi connectivity index (χ4v) is 1.99. The first-order valence-electron chi connectivity index (χ1n) is 5.81. The molecule has 0 amide bonds. The number of carbonyl (C=O) groups is 1. The summed E-state index contributed by atoms with van der Waals surface area (Å²) in [6.07, 6.45) is 1.54. The van der Waals surface area contributed by atoms with Crippen LogP contribution in [0.25, 0.3) is 10.8 Å². The summed E-state index contributed by atoms with van der Waals surface area (Å²) in [5.74, 6) is -0.347. The maximum atomic E-state index is 12.1. The minimum atomic E-state index is -0.347. The van der Waals surface area contributed by atoms with Gasteiger partial charge in [-0.05, 0) is 16.8 Å². The normalized spacial score (nSPS) is 14.1. The molecule has 0 unspecified atom stereocenters. The van der Waals surface area contributed by atoms with E-state index in [2.05, 4.69) is 4.99 Å². The van der Waals surface area contributed by atoms with E-state index < -0.39 is 0 Å². The Balaban J connectivity index is 1.93. The van der Waals surface area contributed by atoms with E-state index in [1.165, 1.54) is 5.06 Å². The molecule has 0 bridgehead atoms. The zero-order valence-electron chi connectivity index (χ0n) is 9.74. The number of carbonyl (C=O) groups excluding carboxylic acids is 1. The van der Waals surface area contributed by atoms with Crippen molar-refractivity contribution in [2.45, 2.75) is 0 Å². The summed E-state index contributed by atoms with van der Waals surface area (Å²) in [6, 6.07) is 13.4. The van der Waals surface area contributed by atoms with E-state index in [-0.39, 0.29) is 5.97 Å². The molecule has 0 aromatic heterocycles. The van der Waals surface area contributed by atoms with Crippen LogP contribution >= 0.6 is 0 Å². The summed E-state index contributed by atoms with van der Waals surface area (Å²) in [5.41, 5.74) is 0.577. The molecule has 2 aromatic carbocycles. The molecule has 0 spiro atoms. The molecule has 1 heterocycles. The number of rotatable bonds is 2. The van der Waals surface area contributed by atoms with Crippen LogP contribution in [0.4, 0.5) is 0 Å². The van der Waals surface area contributed by atoms with Gasteiger partial charge in [-0.15, -0.1) is 0 Å². The quantitative estimate of drug-likeness (QED) is 0.808. The highest BCUT2D eigenvalue weighted by molar-refractivity contribution is 6.04. The van der Waals surface area contributed by atoms with Gasteiger partial charge in [-0.25, -0.2) is 4.79 Å². The minimum Gasteiger partial charge on any atom is -0.334 e. The molecular formula is C14H12N2O2. The van der Waals surface area contributed by atoms with Crippen molar-refractivity contribution in [3.05, 3.63) is 48.0 Å². The van der Waals surface area contributed by atoms with Gasteiger partial charge in [0.05, 0.1) is 18.7 Å². The zero-order chi connectivity index (χ0) is 12.4. The summed E-state index contributed by atoms with van der Waals surface area (Å²) < 4.78 is 0. The van der Waals surface area contributed by atoms with E-state index in [0.717, 1.165) is 10.8 Å². The van der Waals surface area contributed by atoms with Crippen LogP contribution in [0.3, 0.4) is 0 Å². The van der Waals surface area contributed by atoms with Gasteiger partial charge in [0.2, 0.25) is 0 Å². The fraction of sp³-hybridized carbons (Fsp3) is 0.143. The molecule has 0 N–H and O–H groups in total. The SMILES string of the molecule is O=C(ON1C=NCC1)c1cccc2ccccc12. The Morgan fingerprint density at radius 1 is 1.17 bits per heavy atom. The molecular weight excluding hydrogens is 228 g/mol. The molecule has 4 heteroatoms. The highest BCUT2D eigenvalue weighted by atomic mass is 16.7. The Bertz CT molecular complexity index is 617. The van der Waals surface area contributed by atoms with Gasteiger partial charge in [-0.2, -0.15) is 5.06 Å². The third-order valence-corrected chi connectivity index (χ3v) is 2.87. The van der Waals surface area contributed by atoms with Crippen LogP contribution in [0.2, 0.25) is 0 Å². The van der Waals surface area contributed by atoms with Crippen LogP contribution in [0.1, 0.15) is 10.4 Å². The largest absolute Gasteiger partial charge is 0.363 e. The van der Waals surface area contributed by atoms with Gasteiger partial charge in [-0.1, -0.05) is 36.4 Å². The highest BCUT2D eigenvalue weighted by Crippen LogP contribution is 2.19. The number of hydrogen-bond donors (Lipinski definition) is 0. The standard InChI is InChI=1S/C14H12N2O2/c17-14(18-16-9-8-15-10-16)13-7-3-5-11-4-1-2-6-12(11)13/h1-7,10H,8-9H2. The van der Waals surface area contributed by atoms with Crippen molar-refractivity contribution in [1.82, 2.24) is 5.06 Å². The number of nitrogens with zero attached hydrogens (tertiary/aromatic N) is 2. The van der Waals surface area contributed by atoms with Crippen LogP contribution in [0, 0.1) is 0 Å². The van der Waals surface area contributed by atoms with E-state index in [0.29, 0.717) is 18.7 Å². The lowest BCUT2D eigenvalue weighted by Crippen LogP contribution is -2.24. The summed E-state index contributed by atoms with van der Waals surface area (Å²) in [4.78, 5) is 21.3. The molecule has 18 heavy (non-hydrogen) atoms. The van der Waals surface area contributed by atoms with Crippen molar-refractivity contribution in [3.63, 3.8) is 0 Å². The van der Waals surface area contributed by atoms with Gasteiger partial charge in [0.1, 0.15) is 6.34 Å². The first-order valence-corrected chi connectivity index (χ1v) is 5.81. The van der Waals surface area contributed by atoms with E-state index in [1.54, 1.807) is 12.4 Å². The van der Waals surface area contributed by atoms with Crippen LogP contribution in [-0.4, -0.2) is 30.5 Å². The van der Waals surface area contributed by atoms with Gasteiger partial charge >= 0.3 is 5.97 Å². The fourth-order valence-electron chi connectivity index (χ4n) is 1.99. The molecule has 1 aliphatic heterocycles. The molecule has 0 fully saturated rings. The van der Waals surface area contributed by atoms with Crippen LogP contribution in [0.15, 0.2) is 47.5 Å². The third-order valence-electron chi connectivity index (χ3n) is 2.87. The number of hydroxylamine groups is 2. The van der Waals surface area contributed by atoms with Crippen LogP contribution in [-0.2, 0) is 4.84 Å². The smallest absolute Gasteiger partial charge is 0.334 e. The lowest BCUT2D eigenvalue weighted by molar-refractivity contribution is -0.0452. The summed E-state index contributed by atoms with van der Waals surface area (Å²) in [5, 5.41) is 3.40. The molecule has 0 saturated carbocycles. The predicted octanol–water partition coefficient (Wildman–Crippen LogP) is 2.26. The van der Waals surface area contributed by atoms with Gasteiger partial charge in [0, 0.05) is 0 Å². The van der Waals surface area contributed by atoms with Crippen molar-refractivity contribution >= 4 is 23.1 Å². The monoisotopic (exact) mass is 240 g/mol. The lowest BCUT2D eigenvalue weighted by Gasteiger charge is -2.13. The maximum absolute atomic E-state index is 12.1. The van der Waals surface area contributed by atoms with Crippen molar-refractivity contribution in [2.24, 2.45) is 4.99 Å². The van der Waals surface area contributed by atoms with Crippen molar-refractivity contribution < 1.29 is 9.63 Å². The van der Waals surface area contributed by atoms with Gasteiger partial charge in [0.25, 0.3) is 0 Å². The molecule has 0 aliphatic carbocycles. The summed E-state index contributed by atoms with van der Waals surface area (Å²) in [7, 11) is 0. The number of hydrogen-bond acceptors (Lipinski definition) is 4. The Hall–Kier alpha value is -2.36. The lowest BCUT2D eigenvalue weighted by atomic mass is 10.1. The van der Waals surface area contributed by atoms with Gasteiger partial charge in [-0.3, -0.25) is 4.99 Å². The van der Waals surface area contributed by atoms with Crippen molar-refractivity contribution in [3.8, 4) is 0 Å². The second kappa shape index (κ2) is 4.49. The Morgan fingerprint density at radius 2 is 2.00 bits per heavy atom.